The lowest BCUT2D eigenvalue weighted by atomic mass is 10.3. The summed E-state index contributed by atoms with van der Waals surface area (Å²) in [4.78, 5) is 13.8. The SMILES string of the molecule is Cc1cc(C(=O)N2CCN(S(=O)(=O)c3cccc(Cl)c3Cl)CC2)no1. The third-order valence-electron chi connectivity index (χ3n) is 3.91. The van der Waals surface area contributed by atoms with Gasteiger partial charge in [-0.2, -0.15) is 4.31 Å². The minimum Gasteiger partial charge on any atom is -0.361 e. The first kappa shape index (κ1) is 18.2. The second-order valence-electron chi connectivity index (χ2n) is 5.57. The van der Waals surface area contributed by atoms with Crippen LogP contribution >= 0.6 is 23.2 Å². The van der Waals surface area contributed by atoms with E-state index in [-0.39, 0.29) is 52.7 Å². The summed E-state index contributed by atoms with van der Waals surface area (Å²) in [6.45, 7) is 2.52. The summed E-state index contributed by atoms with van der Waals surface area (Å²) in [5.41, 5.74) is 0.215. The van der Waals surface area contributed by atoms with Crippen molar-refractivity contribution in [1.82, 2.24) is 14.4 Å². The zero-order chi connectivity index (χ0) is 18.2. The summed E-state index contributed by atoms with van der Waals surface area (Å²) < 4.78 is 31.7. The predicted octanol–water partition coefficient (Wildman–Crippen LogP) is 2.44. The van der Waals surface area contributed by atoms with Crippen LogP contribution in [0.25, 0.3) is 0 Å². The molecule has 3 rings (SSSR count). The first-order valence-corrected chi connectivity index (χ1v) is 9.67. The molecule has 2 heterocycles. The predicted molar refractivity (Wildman–Crippen MR) is 92.4 cm³/mol. The van der Waals surface area contributed by atoms with Gasteiger partial charge < -0.3 is 9.42 Å². The molecule has 0 bridgehead atoms. The van der Waals surface area contributed by atoms with Gasteiger partial charge >= 0.3 is 0 Å². The second kappa shape index (κ2) is 6.95. The molecule has 1 fully saturated rings. The van der Waals surface area contributed by atoms with Gasteiger partial charge in [0.2, 0.25) is 10.0 Å². The molecule has 1 aromatic carbocycles. The maximum atomic E-state index is 12.8. The average Bonchev–Trinajstić information content (AvgIpc) is 3.03. The number of amides is 1. The van der Waals surface area contributed by atoms with Crippen molar-refractivity contribution in [2.24, 2.45) is 0 Å². The first-order valence-electron chi connectivity index (χ1n) is 7.47. The van der Waals surface area contributed by atoms with Crippen LogP contribution in [0.4, 0.5) is 0 Å². The number of carbonyl (C=O) groups is 1. The fraction of sp³-hybridized carbons (Fsp3) is 0.333. The smallest absolute Gasteiger partial charge is 0.276 e. The summed E-state index contributed by atoms with van der Waals surface area (Å²) in [5.74, 6) is 0.259. The van der Waals surface area contributed by atoms with Crippen LogP contribution in [-0.4, -0.2) is 54.9 Å². The van der Waals surface area contributed by atoms with E-state index in [2.05, 4.69) is 5.16 Å². The highest BCUT2D eigenvalue weighted by atomic mass is 35.5. The third-order valence-corrected chi connectivity index (χ3v) is 6.78. The van der Waals surface area contributed by atoms with E-state index in [9.17, 15) is 13.2 Å². The normalized spacial score (nSPS) is 16.2. The molecular weight excluding hydrogens is 389 g/mol. The number of rotatable bonds is 3. The summed E-state index contributed by atoms with van der Waals surface area (Å²) in [7, 11) is -3.78. The van der Waals surface area contributed by atoms with Gasteiger partial charge in [-0.15, -0.1) is 0 Å². The standard InChI is InChI=1S/C15H15Cl2N3O4S/c1-10-9-12(18-24-10)15(21)19-5-7-20(8-6-19)25(22,23)13-4-2-3-11(16)14(13)17/h2-4,9H,5-8H2,1H3. The van der Waals surface area contributed by atoms with Gasteiger partial charge in [0, 0.05) is 32.2 Å². The number of hydrogen-bond donors (Lipinski definition) is 0. The summed E-state index contributed by atoms with van der Waals surface area (Å²) in [6, 6.07) is 6.03. The lowest BCUT2D eigenvalue weighted by Gasteiger charge is -2.33. The molecule has 0 radical (unpaired) electrons. The van der Waals surface area contributed by atoms with Crippen LogP contribution in [0, 0.1) is 6.92 Å². The molecule has 0 atom stereocenters. The van der Waals surface area contributed by atoms with Crippen LogP contribution in [0.1, 0.15) is 16.2 Å². The molecule has 0 unspecified atom stereocenters. The molecule has 1 amide bonds. The van der Waals surface area contributed by atoms with Crippen LogP contribution in [-0.2, 0) is 10.0 Å². The molecule has 1 aliphatic heterocycles. The van der Waals surface area contributed by atoms with Crippen molar-refractivity contribution in [2.75, 3.05) is 26.2 Å². The maximum Gasteiger partial charge on any atom is 0.276 e. The molecule has 0 saturated carbocycles. The van der Waals surface area contributed by atoms with Crippen molar-refractivity contribution in [1.29, 1.82) is 0 Å². The third kappa shape index (κ3) is 3.52. The van der Waals surface area contributed by atoms with E-state index in [1.807, 2.05) is 0 Å². The number of hydrogen-bond acceptors (Lipinski definition) is 5. The van der Waals surface area contributed by atoms with Gasteiger partial charge in [0.1, 0.15) is 10.7 Å². The number of halogens is 2. The number of sulfonamides is 1. The Balaban J connectivity index is 1.73. The lowest BCUT2D eigenvalue weighted by molar-refractivity contribution is 0.0687. The Morgan fingerprint density at radius 3 is 2.48 bits per heavy atom. The van der Waals surface area contributed by atoms with E-state index < -0.39 is 10.0 Å². The van der Waals surface area contributed by atoms with Crippen molar-refractivity contribution < 1.29 is 17.7 Å². The monoisotopic (exact) mass is 403 g/mol. The molecule has 0 aliphatic carbocycles. The van der Waals surface area contributed by atoms with Crippen LogP contribution in [0.2, 0.25) is 10.0 Å². The highest BCUT2D eigenvalue weighted by molar-refractivity contribution is 7.89. The molecular formula is C15H15Cl2N3O4S. The maximum absolute atomic E-state index is 12.8. The van der Waals surface area contributed by atoms with Crippen LogP contribution < -0.4 is 0 Å². The van der Waals surface area contributed by atoms with Gasteiger partial charge in [0.15, 0.2) is 5.69 Å². The topological polar surface area (TPSA) is 83.7 Å². The van der Waals surface area contributed by atoms with Crippen molar-refractivity contribution in [2.45, 2.75) is 11.8 Å². The summed E-state index contributed by atoms with van der Waals surface area (Å²) >= 11 is 11.9. The van der Waals surface area contributed by atoms with E-state index >= 15 is 0 Å². The Morgan fingerprint density at radius 1 is 1.20 bits per heavy atom. The molecule has 1 aromatic heterocycles. The number of carbonyl (C=O) groups excluding carboxylic acids is 1. The number of aromatic nitrogens is 1. The van der Waals surface area contributed by atoms with Crippen LogP contribution in [0.15, 0.2) is 33.7 Å². The Bertz CT molecular complexity index is 905. The Morgan fingerprint density at radius 2 is 1.88 bits per heavy atom. The number of nitrogens with zero attached hydrogens (tertiary/aromatic N) is 3. The lowest BCUT2D eigenvalue weighted by Crippen LogP contribution is -2.50. The van der Waals surface area contributed by atoms with Crippen molar-refractivity contribution in [3.05, 3.63) is 45.8 Å². The zero-order valence-electron chi connectivity index (χ0n) is 13.3. The molecule has 0 N–H and O–H groups in total. The number of aryl methyl sites for hydroxylation is 1. The average molecular weight is 404 g/mol. The minimum absolute atomic E-state index is 0.000690. The van der Waals surface area contributed by atoms with E-state index in [1.165, 1.54) is 22.5 Å². The van der Waals surface area contributed by atoms with Gasteiger partial charge in [0.25, 0.3) is 5.91 Å². The Kier molecular flexibility index (Phi) is 5.06. The van der Waals surface area contributed by atoms with Gasteiger partial charge in [-0.05, 0) is 19.1 Å². The van der Waals surface area contributed by atoms with E-state index in [0.29, 0.717) is 5.76 Å². The van der Waals surface area contributed by atoms with Crippen LogP contribution in [0.5, 0.6) is 0 Å². The van der Waals surface area contributed by atoms with E-state index in [0.717, 1.165) is 0 Å². The second-order valence-corrected chi connectivity index (χ2v) is 8.26. The summed E-state index contributed by atoms with van der Waals surface area (Å²) in [5, 5.41) is 3.88. The van der Waals surface area contributed by atoms with Crippen LogP contribution in [0.3, 0.4) is 0 Å². The molecule has 1 aliphatic rings. The molecule has 7 nitrogen and oxygen atoms in total. The molecule has 10 heteroatoms. The number of piperazine rings is 1. The Labute approximate surface area is 155 Å². The molecule has 2 aromatic rings. The quantitative estimate of drug-likeness (QED) is 0.785. The van der Waals surface area contributed by atoms with Crippen molar-refractivity contribution >= 4 is 39.1 Å². The largest absolute Gasteiger partial charge is 0.361 e. The van der Waals surface area contributed by atoms with Gasteiger partial charge in [-0.1, -0.05) is 34.4 Å². The highest BCUT2D eigenvalue weighted by Crippen LogP contribution is 2.31. The zero-order valence-corrected chi connectivity index (χ0v) is 15.6. The van der Waals surface area contributed by atoms with E-state index in [1.54, 1.807) is 17.9 Å². The highest BCUT2D eigenvalue weighted by Gasteiger charge is 2.32. The number of benzene rings is 1. The van der Waals surface area contributed by atoms with E-state index in [4.69, 9.17) is 27.7 Å². The molecule has 25 heavy (non-hydrogen) atoms. The molecule has 134 valence electrons. The summed E-state index contributed by atoms with van der Waals surface area (Å²) in [6.07, 6.45) is 0. The van der Waals surface area contributed by atoms with Gasteiger partial charge in [-0.25, -0.2) is 8.42 Å². The fourth-order valence-electron chi connectivity index (χ4n) is 2.58. The van der Waals surface area contributed by atoms with Gasteiger partial charge in [-0.3, -0.25) is 4.79 Å². The first-order chi connectivity index (χ1) is 11.8. The molecule has 0 spiro atoms. The van der Waals surface area contributed by atoms with Crippen molar-refractivity contribution in [3.63, 3.8) is 0 Å². The molecule has 1 saturated heterocycles. The fourth-order valence-corrected chi connectivity index (χ4v) is 4.74. The Hall–Kier alpha value is -1.61. The van der Waals surface area contributed by atoms with Gasteiger partial charge in [0.05, 0.1) is 10.0 Å². The van der Waals surface area contributed by atoms with Crippen molar-refractivity contribution in [3.8, 4) is 0 Å². The minimum atomic E-state index is -3.78.